The van der Waals surface area contributed by atoms with E-state index in [1.54, 1.807) is 24.9 Å². The van der Waals surface area contributed by atoms with Gasteiger partial charge in [0.2, 0.25) is 11.8 Å². The summed E-state index contributed by atoms with van der Waals surface area (Å²) in [6, 6.07) is 25.0. The van der Waals surface area contributed by atoms with Crippen molar-refractivity contribution in [2.24, 2.45) is 0 Å². The summed E-state index contributed by atoms with van der Waals surface area (Å²) >= 11 is 0. The highest BCUT2D eigenvalue weighted by atomic mass is 16.3. The van der Waals surface area contributed by atoms with Crippen molar-refractivity contribution in [3.05, 3.63) is 110 Å². The van der Waals surface area contributed by atoms with Gasteiger partial charge in [-0.15, -0.1) is 0 Å². The number of nitrogens with zero attached hydrogens (tertiary/aromatic N) is 4. The van der Waals surface area contributed by atoms with E-state index in [2.05, 4.69) is 80.6 Å². The molecule has 170 valence electrons. The van der Waals surface area contributed by atoms with E-state index in [1.807, 2.05) is 24.5 Å². The maximum atomic E-state index is 5.41. The second-order valence-corrected chi connectivity index (χ2v) is 8.38. The van der Waals surface area contributed by atoms with Crippen molar-refractivity contribution in [1.82, 2.24) is 19.9 Å². The molecule has 7 aromatic rings. The van der Waals surface area contributed by atoms with Gasteiger partial charge >= 0.3 is 0 Å². The molecule has 0 spiro atoms. The van der Waals surface area contributed by atoms with Crippen LogP contribution in [0.3, 0.4) is 0 Å². The van der Waals surface area contributed by atoms with Crippen LogP contribution in [0.1, 0.15) is 0 Å². The van der Waals surface area contributed by atoms with Gasteiger partial charge in [0, 0.05) is 23.5 Å². The lowest BCUT2D eigenvalue weighted by Crippen LogP contribution is -1.92. The summed E-state index contributed by atoms with van der Waals surface area (Å²) in [4.78, 5) is 17.7. The first-order chi connectivity index (χ1) is 17.9. The lowest BCUT2D eigenvalue weighted by Gasteiger charge is -2.17. The molecule has 6 heteroatoms. The number of rotatable bonds is 4. The highest BCUT2D eigenvalue weighted by Crippen LogP contribution is 2.43. The zero-order valence-electron chi connectivity index (χ0n) is 19.0. The molecule has 7 rings (SSSR count). The fraction of sp³-hybridized carbons (Fsp3) is 0. The number of hydrogen-bond acceptors (Lipinski definition) is 6. The van der Waals surface area contributed by atoms with Crippen LogP contribution in [0.5, 0.6) is 0 Å². The van der Waals surface area contributed by atoms with Crippen molar-refractivity contribution in [1.29, 1.82) is 0 Å². The Bertz CT molecular complexity index is 1610. The smallest absolute Gasteiger partial charge is 0.244 e. The Balaban J connectivity index is 1.45. The van der Waals surface area contributed by atoms with Crippen LogP contribution < -0.4 is 0 Å². The number of benzene rings is 3. The molecule has 0 aliphatic heterocycles. The summed E-state index contributed by atoms with van der Waals surface area (Å²) in [5.41, 5.74) is 5.74. The minimum Gasteiger partial charge on any atom is -0.443 e. The van der Waals surface area contributed by atoms with E-state index in [9.17, 15) is 0 Å². The molecule has 0 radical (unpaired) electrons. The molecule has 3 aromatic carbocycles. The van der Waals surface area contributed by atoms with Gasteiger partial charge in [-0.1, -0.05) is 60.7 Å². The van der Waals surface area contributed by atoms with Crippen molar-refractivity contribution in [3.8, 4) is 45.4 Å². The van der Waals surface area contributed by atoms with Crippen LogP contribution >= 0.6 is 0 Å². The first kappa shape index (κ1) is 20.3. The monoisotopic (exact) mass is 466 g/mol. The Morgan fingerprint density at radius 3 is 1.17 bits per heavy atom. The normalized spacial score (nSPS) is 11.3. The van der Waals surface area contributed by atoms with Crippen molar-refractivity contribution >= 4 is 21.5 Å². The average Bonchev–Trinajstić information content (AvgIpc) is 3.67. The van der Waals surface area contributed by atoms with Crippen LogP contribution in [0.25, 0.3) is 67.0 Å². The largest absolute Gasteiger partial charge is 0.443 e. The number of oxazole rings is 2. The molecule has 0 amide bonds. The number of fused-ring (bicyclic) bond motifs is 2. The van der Waals surface area contributed by atoms with Gasteiger partial charge in [-0.2, -0.15) is 0 Å². The van der Waals surface area contributed by atoms with Crippen LogP contribution in [0.2, 0.25) is 0 Å². The molecule has 0 unspecified atom stereocenters. The van der Waals surface area contributed by atoms with Crippen LogP contribution in [0, 0.1) is 0 Å². The Morgan fingerprint density at radius 2 is 0.861 bits per heavy atom. The zero-order valence-corrected chi connectivity index (χ0v) is 19.0. The van der Waals surface area contributed by atoms with Gasteiger partial charge < -0.3 is 8.83 Å². The Labute approximate surface area is 205 Å². The zero-order chi connectivity index (χ0) is 23.9. The molecule has 0 saturated carbocycles. The Hall–Kier alpha value is -5.10. The lowest BCUT2D eigenvalue weighted by molar-refractivity contribution is 0.572. The van der Waals surface area contributed by atoms with Crippen LogP contribution in [0.15, 0.2) is 119 Å². The average molecular weight is 467 g/mol. The minimum atomic E-state index is 0.507. The minimum absolute atomic E-state index is 0.507. The number of aromatic nitrogens is 4. The summed E-state index contributed by atoms with van der Waals surface area (Å²) in [5.74, 6) is 1.01. The summed E-state index contributed by atoms with van der Waals surface area (Å²) < 4.78 is 10.8. The molecule has 0 saturated heterocycles. The third-order valence-corrected chi connectivity index (χ3v) is 6.34. The standard InChI is InChI=1S/C30H18N4O2/c1-2-6-22-21(5-1)27(19-9-11-25(33-17-19)29-31-13-15-35-29)23-7-3-4-8-24(23)28(22)20-10-12-26(34-18-20)30-32-14-16-36-30/h1-18H. The van der Waals surface area contributed by atoms with Crippen molar-refractivity contribution in [3.63, 3.8) is 0 Å². The van der Waals surface area contributed by atoms with Gasteiger partial charge in [0.1, 0.15) is 23.9 Å². The molecule has 0 aliphatic rings. The third kappa shape index (κ3) is 3.27. The summed E-state index contributed by atoms with van der Waals surface area (Å²) in [6.45, 7) is 0. The van der Waals surface area contributed by atoms with Crippen molar-refractivity contribution < 1.29 is 8.83 Å². The summed E-state index contributed by atoms with van der Waals surface area (Å²) in [5, 5.41) is 4.59. The molecule has 6 nitrogen and oxygen atoms in total. The van der Waals surface area contributed by atoms with Gasteiger partial charge in [0.25, 0.3) is 0 Å². The second-order valence-electron chi connectivity index (χ2n) is 8.38. The third-order valence-electron chi connectivity index (χ3n) is 6.34. The molecule has 0 N–H and O–H groups in total. The van der Waals surface area contributed by atoms with E-state index in [4.69, 9.17) is 8.83 Å². The fourth-order valence-corrected chi connectivity index (χ4v) is 4.79. The number of pyridine rings is 2. The molecular weight excluding hydrogens is 448 g/mol. The first-order valence-electron chi connectivity index (χ1n) is 11.5. The van der Waals surface area contributed by atoms with Crippen LogP contribution in [-0.4, -0.2) is 19.9 Å². The molecule has 0 aliphatic carbocycles. The molecular formula is C30H18N4O2. The molecule has 0 bridgehead atoms. The quantitative estimate of drug-likeness (QED) is 0.251. The van der Waals surface area contributed by atoms with Crippen LogP contribution in [-0.2, 0) is 0 Å². The fourth-order valence-electron chi connectivity index (χ4n) is 4.79. The van der Waals surface area contributed by atoms with E-state index in [1.165, 1.54) is 0 Å². The Kier molecular flexibility index (Phi) is 4.67. The Morgan fingerprint density at radius 1 is 0.444 bits per heavy atom. The van der Waals surface area contributed by atoms with Gasteiger partial charge in [-0.25, -0.2) is 9.97 Å². The van der Waals surface area contributed by atoms with Gasteiger partial charge in [0.15, 0.2) is 0 Å². The van der Waals surface area contributed by atoms with Gasteiger partial charge in [-0.05, 0) is 44.8 Å². The molecule has 36 heavy (non-hydrogen) atoms. The van der Waals surface area contributed by atoms with E-state index < -0.39 is 0 Å². The van der Waals surface area contributed by atoms with E-state index in [-0.39, 0.29) is 0 Å². The SMILES string of the molecule is c1ccc2c(-c3ccc(-c4ncco4)nc3)c3ccccc3c(-c3ccc(-c4ncco4)nc3)c2c1. The van der Waals surface area contributed by atoms with E-state index >= 15 is 0 Å². The maximum absolute atomic E-state index is 5.41. The predicted octanol–water partition coefficient (Wildman–Crippen LogP) is 7.43. The first-order valence-corrected chi connectivity index (χ1v) is 11.5. The molecule has 0 atom stereocenters. The van der Waals surface area contributed by atoms with Crippen molar-refractivity contribution in [2.45, 2.75) is 0 Å². The van der Waals surface area contributed by atoms with E-state index in [0.717, 1.165) is 43.8 Å². The highest BCUT2D eigenvalue weighted by Gasteiger charge is 2.17. The second kappa shape index (κ2) is 8.29. The number of hydrogen-bond donors (Lipinski definition) is 0. The maximum Gasteiger partial charge on any atom is 0.244 e. The van der Waals surface area contributed by atoms with Crippen LogP contribution in [0.4, 0.5) is 0 Å². The van der Waals surface area contributed by atoms with Gasteiger partial charge in [0.05, 0.1) is 12.4 Å². The molecule has 4 aromatic heterocycles. The van der Waals surface area contributed by atoms with Crippen molar-refractivity contribution in [2.75, 3.05) is 0 Å². The lowest BCUT2D eigenvalue weighted by atomic mass is 9.86. The topological polar surface area (TPSA) is 77.8 Å². The highest BCUT2D eigenvalue weighted by molar-refractivity contribution is 6.21. The summed E-state index contributed by atoms with van der Waals surface area (Å²) in [6.07, 6.45) is 10.1. The predicted molar refractivity (Wildman–Crippen MR) is 139 cm³/mol. The molecule has 0 fully saturated rings. The molecule has 4 heterocycles. The van der Waals surface area contributed by atoms with Gasteiger partial charge in [-0.3, -0.25) is 9.97 Å². The van der Waals surface area contributed by atoms with E-state index in [0.29, 0.717) is 23.2 Å². The summed E-state index contributed by atoms with van der Waals surface area (Å²) in [7, 11) is 0.